The molecule has 0 radical (unpaired) electrons. The smallest absolute Gasteiger partial charge is 0.308 e. The number of nitriles is 1. The van der Waals surface area contributed by atoms with E-state index in [1.54, 1.807) is 18.2 Å². The number of rotatable bonds is 8. The van der Waals surface area contributed by atoms with Crippen molar-refractivity contribution in [3.63, 3.8) is 0 Å². The Kier molecular flexibility index (Phi) is 6.65. The Morgan fingerprint density at radius 2 is 2.00 bits per heavy atom. The zero-order valence-electron chi connectivity index (χ0n) is 11.5. The normalized spacial score (nSPS) is 10.7. The average Bonchev–Trinajstić information content (AvgIpc) is 2.46. The lowest BCUT2D eigenvalue weighted by Gasteiger charge is -2.07. The monoisotopic (exact) mass is 312 g/mol. The Labute approximate surface area is 123 Å². The van der Waals surface area contributed by atoms with Gasteiger partial charge in [-0.3, -0.25) is 4.79 Å². The first-order chi connectivity index (χ1) is 9.99. The van der Waals surface area contributed by atoms with E-state index >= 15 is 0 Å². The van der Waals surface area contributed by atoms with E-state index in [0.29, 0.717) is 12.4 Å². The van der Waals surface area contributed by atoms with Gasteiger partial charge in [0.15, 0.2) is 6.61 Å². The van der Waals surface area contributed by atoms with E-state index in [2.05, 4.69) is 9.46 Å². The minimum atomic E-state index is -3.69. The van der Waals surface area contributed by atoms with Crippen LogP contribution in [0, 0.1) is 11.3 Å². The quantitative estimate of drug-likeness (QED) is 0.712. The maximum Gasteiger partial charge on any atom is 0.308 e. The molecule has 0 atom stereocenters. The summed E-state index contributed by atoms with van der Waals surface area (Å²) in [4.78, 5) is 11.2. The third-order valence-electron chi connectivity index (χ3n) is 2.36. The summed E-state index contributed by atoms with van der Waals surface area (Å²) in [6, 6.07) is 7.60. The van der Waals surface area contributed by atoms with Gasteiger partial charge in [0.1, 0.15) is 11.8 Å². The third-order valence-corrected chi connectivity index (χ3v) is 3.84. The molecule has 21 heavy (non-hydrogen) atoms. The van der Waals surface area contributed by atoms with E-state index in [1.807, 2.05) is 6.92 Å². The van der Waals surface area contributed by atoms with Crippen LogP contribution in [0.3, 0.4) is 0 Å². The average molecular weight is 312 g/mol. The summed E-state index contributed by atoms with van der Waals surface area (Å²) in [5.74, 6) is -0.0533. The standard InChI is InChI=1S/C13H16N2O5S/c1-2-19-11-3-5-12(6-4-11)21(17,18)15-9-7-13(16)20-10-8-14/h3-6,15H,2,7,9-10H2,1H3. The van der Waals surface area contributed by atoms with E-state index in [9.17, 15) is 13.2 Å². The number of esters is 1. The van der Waals surface area contributed by atoms with E-state index in [4.69, 9.17) is 10.00 Å². The van der Waals surface area contributed by atoms with Gasteiger partial charge in [0.05, 0.1) is 17.9 Å². The highest BCUT2D eigenvalue weighted by atomic mass is 32.2. The molecular weight excluding hydrogens is 296 g/mol. The first kappa shape index (κ1) is 16.9. The topological polar surface area (TPSA) is 105 Å². The van der Waals surface area contributed by atoms with Gasteiger partial charge in [-0.15, -0.1) is 0 Å². The molecule has 0 aliphatic rings. The molecule has 0 amide bonds. The Balaban J connectivity index is 2.53. The molecule has 7 nitrogen and oxygen atoms in total. The largest absolute Gasteiger partial charge is 0.494 e. The van der Waals surface area contributed by atoms with Gasteiger partial charge in [-0.2, -0.15) is 5.26 Å². The van der Waals surface area contributed by atoms with Crippen molar-refractivity contribution in [3.05, 3.63) is 24.3 Å². The highest BCUT2D eigenvalue weighted by Gasteiger charge is 2.14. The molecule has 0 bridgehead atoms. The molecule has 0 saturated carbocycles. The van der Waals surface area contributed by atoms with Crippen LogP contribution in [0.5, 0.6) is 5.75 Å². The van der Waals surface area contributed by atoms with Crippen LogP contribution >= 0.6 is 0 Å². The lowest BCUT2D eigenvalue weighted by Crippen LogP contribution is -2.26. The predicted molar refractivity (Wildman–Crippen MR) is 74.0 cm³/mol. The van der Waals surface area contributed by atoms with Crippen LogP contribution in [0.4, 0.5) is 0 Å². The highest BCUT2D eigenvalue weighted by Crippen LogP contribution is 2.15. The number of hydrogen-bond donors (Lipinski definition) is 1. The van der Waals surface area contributed by atoms with Crippen LogP contribution in [-0.4, -0.2) is 34.1 Å². The number of carbonyl (C=O) groups excluding carboxylic acids is 1. The fourth-order valence-electron chi connectivity index (χ4n) is 1.44. The fourth-order valence-corrected chi connectivity index (χ4v) is 2.47. The molecule has 1 rings (SSSR count). The molecule has 1 aromatic carbocycles. The van der Waals surface area contributed by atoms with Gasteiger partial charge in [-0.25, -0.2) is 13.1 Å². The van der Waals surface area contributed by atoms with Gasteiger partial charge in [0.25, 0.3) is 0 Å². The van der Waals surface area contributed by atoms with Crippen molar-refractivity contribution in [3.8, 4) is 11.8 Å². The zero-order valence-corrected chi connectivity index (χ0v) is 12.4. The van der Waals surface area contributed by atoms with E-state index in [1.165, 1.54) is 12.1 Å². The van der Waals surface area contributed by atoms with Gasteiger partial charge >= 0.3 is 5.97 Å². The van der Waals surface area contributed by atoms with Gasteiger partial charge in [-0.1, -0.05) is 0 Å². The number of nitrogens with zero attached hydrogens (tertiary/aromatic N) is 1. The fraction of sp³-hybridized carbons (Fsp3) is 0.385. The summed E-state index contributed by atoms with van der Waals surface area (Å²) in [6.45, 7) is 1.89. The van der Waals surface area contributed by atoms with Gasteiger partial charge < -0.3 is 9.47 Å². The summed E-state index contributed by atoms with van der Waals surface area (Å²) in [5, 5.41) is 8.23. The SMILES string of the molecule is CCOc1ccc(S(=O)(=O)NCCC(=O)OCC#N)cc1. The van der Waals surface area contributed by atoms with Crippen LogP contribution in [-0.2, 0) is 19.6 Å². The summed E-state index contributed by atoms with van der Waals surface area (Å²) < 4.78 is 35.9. The molecule has 0 spiro atoms. The molecule has 0 saturated heterocycles. The zero-order chi connectivity index (χ0) is 15.7. The second kappa shape index (κ2) is 8.24. The van der Waals surface area contributed by atoms with Crippen molar-refractivity contribution in [1.82, 2.24) is 4.72 Å². The van der Waals surface area contributed by atoms with E-state index < -0.39 is 16.0 Å². The summed E-state index contributed by atoms with van der Waals surface area (Å²) >= 11 is 0. The maximum absolute atomic E-state index is 11.9. The molecular formula is C13H16N2O5S. The summed E-state index contributed by atoms with van der Waals surface area (Å²) in [6.07, 6.45) is -0.141. The van der Waals surface area contributed by atoms with Crippen LogP contribution in [0.1, 0.15) is 13.3 Å². The van der Waals surface area contributed by atoms with Crippen molar-refractivity contribution in [2.75, 3.05) is 19.8 Å². The van der Waals surface area contributed by atoms with Crippen molar-refractivity contribution in [2.45, 2.75) is 18.2 Å². The van der Waals surface area contributed by atoms with Gasteiger partial charge in [-0.05, 0) is 31.2 Å². The molecule has 0 fully saturated rings. The minimum Gasteiger partial charge on any atom is -0.494 e. The van der Waals surface area contributed by atoms with Gasteiger partial charge in [0, 0.05) is 6.54 Å². The molecule has 114 valence electrons. The summed E-state index contributed by atoms with van der Waals surface area (Å²) in [5.41, 5.74) is 0. The van der Waals surface area contributed by atoms with Crippen LogP contribution in [0.15, 0.2) is 29.2 Å². The second-order valence-electron chi connectivity index (χ2n) is 3.87. The van der Waals surface area contributed by atoms with Crippen LogP contribution in [0.25, 0.3) is 0 Å². The van der Waals surface area contributed by atoms with Crippen molar-refractivity contribution < 1.29 is 22.7 Å². The molecule has 8 heteroatoms. The highest BCUT2D eigenvalue weighted by molar-refractivity contribution is 7.89. The molecule has 0 aliphatic carbocycles. The predicted octanol–water partition coefficient (Wildman–Crippen LogP) is 0.820. The van der Waals surface area contributed by atoms with Crippen LogP contribution in [0.2, 0.25) is 0 Å². The third kappa shape index (κ3) is 5.81. The first-order valence-corrected chi connectivity index (χ1v) is 7.73. The van der Waals surface area contributed by atoms with E-state index in [0.717, 1.165) is 0 Å². The molecule has 1 N–H and O–H groups in total. The number of carbonyl (C=O) groups is 1. The van der Waals surface area contributed by atoms with E-state index in [-0.39, 0.29) is 24.5 Å². The Morgan fingerprint density at radius 3 is 2.57 bits per heavy atom. The number of ether oxygens (including phenoxy) is 2. The Morgan fingerprint density at radius 1 is 1.33 bits per heavy atom. The van der Waals surface area contributed by atoms with Gasteiger partial charge in [0.2, 0.25) is 10.0 Å². The number of nitrogens with one attached hydrogen (secondary N) is 1. The molecule has 0 aromatic heterocycles. The van der Waals surface area contributed by atoms with Crippen molar-refractivity contribution >= 4 is 16.0 Å². The maximum atomic E-state index is 11.9. The Hall–Kier alpha value is -2.11. The number of hydrogen-bond acceptors (Lipinski definition) is 6. The van der Waals surface area contributed by atoms with Crippen LogP contribution < -0.4 is 9.46 Å². The molecule has 0 heterocycles. The molecule has 0 aliphatic heterocycles. The minimum absolute atomic E-state index is 0.0799. The lowest BCUT2D eigenvalue weighted by molar-refractivity contribution is -0.142. The lowest BCUT2D eigenvalue weighted by atomic mass is 10.3. The van der Waals surface area contributed by atoms with Crippen molar-refractivity contribution in [2.24, 2.45) is 0 Å². The molecule has 1 aromatic rings. The summed E-state index contributed by atoms with van der Waals surface area (Å²) in [7, 11) is -3.69. The first-order valence-electron chi connectivity index (χ1n) is 6.24. The Bertz CT molecular complexity index is 604. The van der Waals surface area contributed by atoms with Crippen molar-refractivity contribution in [1.29, 1.82) is 5.26 Å². The molecule has 0 unspecified atom stereocenters. The number of benzene rings is 1. The second-order valence-corrected chi connectivity index (χ2v) is 5.64. The number of sulfonamides is 1.